The van der Waals surface area contributed by atoms with E-state index in [2.05, 4.69) is 32.2 Å². The van der Waals surface area contributed by atoms with Gasteiger partial charge in [0.05, 0.1) is 5.69 Å². The maximum Gasteiger partial charge on any atom is 0.132 e. The summed E-state index contributed by atoms with van der Waals surface area (Å²) in [6.45, 7) is 5.03. The fourth-order valence-corrected chi connectivity index (χ4v) is 1.58. The van der Waals surface area contributed by atoms with E-state index in [1.807, 2.05) is 6.92 Å². The van der Waals surface area contributed by atoms with Crippen LogP contribution in [-0.2, 0) is 0 Å². The van der Waals surface area contributed by atoms with E-state index in [1.165, 1.54) is 6.33 Å². The first-order valence-corrected chi connectivity index (χ1v) is 5.63. The molecule has 1 N–H and O–H groups in total. The molecule has 2 rings (SSSR count). The van der Waals surface area contributed by atoms with Gasteiger partial charge in [-0.05, 0) is 13.3 Å². The Morgan fingerprint density at radius 1 is 1.12 bits per heavy atom. The van der Waals surface area contributed by atoms with E-state index in [9.17, 15) is 0 Å². The minimum atomic E-state index is 0.874. The van der Waals surface area contributed by atoms with Crippen LogP contribution in [0.1, 0.15) is 18.9 Å². The van der Waals surface area contributed by atoms with Crippen LogP contribution in [0.5, 0.6) is 0 Å². The lowest BCUT2D eigenvalue weighted by Crippen LogP contribution is -2.05. The molecule has 0 aliphatic carbocycles. The van der Waals surface area contributed by atoms with Gasteiger partial charge in [0.15, 0.2) is 0 Å². The summed E-state index contributed by atoms with van der Waals surface area (Å²) in [6.07, 6.45) is 7.65. The third-order valence-corrected chi connectivity index (χ3v) is 2.46. The molecule has 0 aliphatic rings. The van der Waals surface area contributed by atoms with Crippen LogP contribution in [0.2, 0.25) is 0 Å². The van der Waals surface area contributed by atoms with Crippen LogP contribution in [0.25, 0.3) is 11.3 Å². The summed E-state index contributed by atoms with van der Waals surface area (Å²) in [5.74, 6) is 0.876. The van der Waals surface area contributed by atoms with Gasteiger partial charge >= 0.3 is 0 Å². The molecule has 5 nitrogen and oxygen atoms in total. The van der Waals surface area contributed by atoms with Gasteiger partial charge in [0.1, 0.15) is 18.5 Å². The second kappa shape index (κ2) is 5.34. The van der Waals surface area contributed by atoms with E-state index in [0.717, 1.165) is 35.6 Å². The number of hydrogen-bond acceptors (Lipinski definition) is 5. The smallest absolute Gasteiger partial charge is 0.132 e. The summed E-state index contributed by atoms with van der Waals surface area (Å²) in [5.41, 5.74) is 2.81. The first-order chi connectivity index (χ1) is 8.33. The van der Waals surface area contributed by atoms with Crippen LogP contribution in [0, 0.1) is 6.92 Å². The second-order valence-electron chi connectivity index (χ2n) is 3.75. The van der Waals surface area contributed by atoms with Crippen molar-refractivity contribution in [3.63, 3.8) is 0 Å². The normalized spacial score (nSPS) is 10.2. The summed E-state index contributed by atoms with van der Waals surface area (Å²) >= 11 is 0. The summed E-state index contributed by atoms with van der Waals surface area (Å²) in [5, 5.41) is 3.28. The van der Waals surface area contributed by atoms with Gasteiger partial charge in [0.2, 0.25) is 0 Å². The number of anilines is 1. The van der Waals surface area contributed by atoms with Crippen molar-refractivity contribution in [3.05, 3.63) is 30.6 Å². The molecule has 0 bridgehead atoms. The van der Waals surface area contributed by atoms with E-state index in [1.54, 1.807) is 18.7 Å². The van der Waals surface area contributed by atoms with Crippen molar-refractivity contribution in [1.82, 2.24) is 19.9 Å². The van der Waals surface area contributed by atoms with Gasteiger partial charge in [0, 0.05) is 30.1 Å². The number of hydrogen-bond donors (Lipinski definition) is 1. The molecule has 0 unspecified atom stereocenters. The number of aromatic nitrogens is 4. The third-order valence-electron chi connectivity index (χ3n) is 2.46. The number of nitrogens with zero attached hydrogens (tertiary/aromatic N) is 4. The molecule has 88 valence electrons. The fraction of sp³-hybridized carbons (Fsp3) is 0.333. The Labute approximate surface area is 100 Å². The third kappa shape index (κ3) is 2.55. The molecule has 2 heterocycles. The van der Waals surface area contributed by atoms with Crippen molar-refractivity contribution in [1.29, 1.82) is 0 Å². The minimum Gasteiger partial charge on any atom is -0.370 e. The summed E-state index contributed by atoms with van der Waals surface area (Å²) in [7, 11) is 0. The molecule has 0 atom stereocenters. The highest BCUT2D eigenvalue weighted by atomic mass is 15.0. The predicted octanol–water partition coefficient (Wildman–Crippen LogP) is 2.06. The number of nitrogens with one attached hydrogen (secondary N) is 1. The Morgan fingerprint density at radius 2 is 1.88 bits per heavy atom. The lowest BCUT2D eigenvalue weighted by molar-refractivity contribution is 0.959. The zero-order chi connectivity index (χ0) is 12.1. The Balaban J connectivity index is 2.36. The molecule has 0 saturated heterocycles. The Kier molecular flexibility index (Phi) is 3.59. The van der Waals surface area contributed by atoms with E-state index >= 15 is 0 Å². The molecule has 2 aromatic heterocycles. The fourth-order valence-electron chi connectivity index (χ4n) is 1.58. The molecule has 0 radical (unpaired) electrons. The van der Waals surface area contributed by atoms with Gasteiger partial charge in [-0.2, -0.15) is 0 Å². The van der Waals surface area contributed by atoms with Crippen LogP contribution in [0.3, 0.4) is 0 Å². The summed E-state index contributed by atoms with van der Waals surface area (Å²) < 4.78 is 0. The first-order valence-electron chi connectivity index (χ1n) is 5.63. The molecule has 0 saturated carbocycles. The van der Waals surface area contributed by atoms with Crippen LogP contribution < -0.4 is 5.32 Å². The van der Waals surface area contributed by atoms with Crippen molar-refractivity contribution < 1.29 is 0 Å². The van der Waals surface area contributed by atoms with E-state index in [4.69, 9.17) is 0 Å². The summed E-state index contributed by atoms with van der Waals surface area (Å²) in [4.78, 5) is 16.5. The van der Waals surface area contributed by atoms with Gasteiger partial charge < -0.3 is 5.32 Å². The predicted molar refractivity (Wildman–Crippen MR) is 66.6 cm³/mol. The zero-order valence-corrected chi connectivity index (χ0v) is 10.0. The highest BCUT2D eigenvalue weighted by molar-refractivity contribution is 5.66. The van der Waals surface area contributed by atoms with Gasteiger partial charge in [-0.3, -0.25) is 0 Å². The lowest BCUT2D eigenvalue weighted by atomic mass is 10.1. The number of rotatable bonds is 4. The maximum atomic E-state index is 4.29. The molecular formula is C12H15N5. The summed E-state index contributed by atoms with van der Waals surface area (Å²) in [6, 6.07) is 0. The Morgan fingerprint density at radius 3 is 2.59 bits per heavy atom. The maximum absolute atomic E-state index is 4.29. The lowest BCUT2D eigenvalue weighted by Gasteiger charge is -2.10. The average Bonchev–Trinajstić information content (AvgIpc) is 2.39. The van der Waals surface area contributed by atoms with Crippen LogP contribution in [-0.4, -0.2) is 26.5 Å². The van der Waals surface area contributed by atoms with Crippen molar-refractivity contribution in [2.24, 2.45) is 0 Å². The van der Waals surface area contributed by atoms with E-state index < -0.39 is 0 Å². The van der Waals surface area contributed by atoms with Crippen LogP contribution in [0.4, 0.5) is 5.82 Å². The second-order valence-corrected chi connectivity index (χ2v) is 3.75. The van der Waals surface area contributed by atoms with Crippen molar-refractivity contribution in [2.75, 3.05) is 11.9 Å². The molecule has 0 aromatic carbocycles. The molecule has 0 amide bonds. The Bertz CT molecular complexity index is 484. The van der Waals surface area contributed by atoms with Crippen molar-refractivity contribution >= 4 is 5.82 Å². The van der Waals surface area contributed by atoms with Crippen LogP contribution >= 0.6 is 0 Å². The molecule has 5 heteroatoms. The van der Waals surface area contributed by atoms with Crippen molar-refractivity contribution in [2.45, 2.75) is 20.3 Å². The van der Waals surface area contributed by atoms with Gasteiger partial charge in [0.25, 0.3) is 0 Å². The minimum absolute atomic E-state index is 0.874. The van der Waals surface area contributed by atoms with E-state index in [0.29, 0.717) is 0 Å². The quantitative estimate of drug-likeness (QED) is 0.869. The van der Waals surface area contributed by atoms with E-state index in [-0.39, 0.29) is 0 Å². The van der Waals surface area contributed by atoms with Gasteiger partial charge in [-0.1, -0.05) is 6.92 Å². The molecule has 2 aromatic rings. The Hall–Kier alpha value is -2.04. The molecule has 0 fully saturated rings. The molecule has 0 spiro atoms. The first kappa shape index (κ1) is 11.4. The SMILES string of the molecule is CCCNc1ncnc(-c2cncnc2)c1C. The largest absolute Gasteiger partial charge is 0.370 e. The molecular weight excluding hydrogens is 214 g/mol. The zero-order valence-electron chi connectivity index (χ0n) is 10.0. The monoisotopic (exact) mass is 229 g/mol. The van der Waals surface area contributed by atoms with Crippen LogP contribution in [0.15, 0.2) is 25.0 Å². The molecule has 17 heavy (non-hydrogen) atoms. The average molecular weight is 229 g/mol. The van der Waals surface area contributed by atoms with Crippen molar-refractivity contribution in [3.8, 4) is 11.3 Å². The topological polar surface area (TPSA) is 63.6 Å². The van der Waals surface area contributed by atoms with Gasteiger partial charge in [-0.25, -0.2) is 19.9 Å². The standard InChI is InChI=1S/C12H15N5/c1-3-4-15-12-9(2)11(16-8-17-12)10-5-13-7-14-6-10/h5-8H,3-4H2,1-2H3,(H,15,16,17). The van der Waals surface area contributed by atoms with Gasteiger partial charge in [-0.15, -0.1) is 0 Å². The highest BCUT2D eigenvalue weighted by Crippen LogP contribution is 2.23. The molecule has 0 aliphatic heterocycles. The highest BCUT2D eigenvalue weighted by Gasteiger charge is 2.08.